The fraction of sp³-hybridized carbons (Fsp3) is 0.833. The van der Waals surface area contributed by atoms with Gasteiger partial charge in [0.1, 0.15) is 0 Å². The normalized spacial score (nSPS) is 10.1. The Kier molecular flexibility index (Phi) is 3.25. The third-order valence-electron chi connectivity index (χ3n) is 1.28. The molecule has 0 saturated heterocycles. The third-order valence-corrected chi connectivity index (χ3v) is 1.28. The number of rotatable bonds is 2. The predicted molar refractivity (Wildman–Crippen MR) is 40.0 cm³/mol. The molecule has 0 bridgehead atoms. The molecule has 2 radical (unpaired) electrons. The van der Waals surface area contributed by atoms with Crippen molar-refractivity contribution in [3.05, 3.63) is 0 Å². The van der Waals surface area contributed by atoms with Crippen molar-refractivity contribution in [2.45, 2.75) is 32.7 Å². The van der Waals surface area contributed by atoms with Gasteiger partial charge in [-0.15, -0.1) is 0 Å². The minimum absolute atomic E-state index is 0.0666. The highest BCUT2D eigenvalue weighted by Gasteiger charge is 2.10. The zero-order valence-corrected chi connectivity index (χ0v) is 6.18. The zero-order chi connectivity index (χ0) is 7.33. The first-order valence-corrected chi connectivity index (χ1v) is 2.99. The summed E-state index contributed by atoms with van der Waals surface area (Å²) in [4.78, 5) is 7.10. The van der Waals surface area contributed by atoms with E-state index in [-0.39, 0.29) is 5.54 Å². The van der Waals surface area contributed by atoms with Gasteiger partial charge in [-0.05, 0) is 20.3 Å². The minimum Gasteiger partial charge on any atom is -0.302 e. The number of aliphatic imine (C=N–C) groups is 1. The Morgan fingerprint density at radius 1 is 1.56 bits per heavy atom. The van der Waals surface area contributed by atoms with Crippen LogP contribution in [-0.4, -0.2) is 19.5 Å². The Labute approximate surface area is 57.5 Å². The van der Waals surface area contributed by atoms with Crippen molar-refractivity contribution in [2.24, 2.45) is 9.90 Å². The van der Waals surface area contributed by atoms with E-state index in [1.54, 1.807) is 0 Å². The summed E-state index contributed by atoms with van der Waals surface area (Å²) < 4.78 is 0. The van der Waals surface area contributed by atoms with Crippen LogP contribution < -0.4 is 0 Å². The summed E-state index contributed by atoms with van der Waals surface area (Å²) in [6, 6.07) is 2.37. The van der Waals surface area contributed by atoms with Gasteiger partial charge in [0, 0.05) is 0 Å². The van der Waals surface area contributed by atoms with Crippen LogP contribution in [0.15, 0.2) is 9.90 Å². The standard InChI is InChI=1S/C6H11BN2/c1-4-6(2,3)8-5-9-7/h4H2,1-3H3. The molecule has 0 saturated carbocycles. The van der Waals surface area contributed by atoms with Crippen LogP contribution in [0.2, 0.25) is 0 Å². The molecule has 0 spiro atoms. The molecule has 2 nitrogen and oxygen atoms in total. The van der Waals surface area contributed by atoms with Gasteiger partial charge in [-0.1, -0.05) is 6.92 Å². The Balaban J connectivity index is 4.01. The van der Waals surface area contributed by atoms with Crippen molar-refractivity contribution >= 4 is 14.0 Å². The highest BCUT2D eigenvalue weighted by Crippen LogP contribution is 2.11. The fourth-order valence-electron chi connectivity index (χ4n) is 0.243. The van der Waals surface area contributed by atoms with E-state index in [0.717, 1.165) is 6.42 Å². The largest absolute Gasteiger partial charge is 0.302 e. The average Bonchev–Trinajstić information content (AvgIpc) is 1.84. The van der Waals surface area contributed by atoms with Crippen molar-refractivity contribution in [1.82, 2.24) is 0 Å². The monoisotopic (exact) mass is 122 g/mol. The van der Waals surface area contributed by atoms with Gasteiger partial charge in [-0.3, -0.25) is 0 Å². The summed E-state index contributed by atoms with van der Waals surface area (Å²) in [7, 11) is 4.81. The second kappa shape index (κ2) is 3.47. The molecule has 0 amide bonds. The third kappa shape index (κ3) is 3.98. The van der Waals surface area contributed by atoms with Gasteiger partial charge in [0.25, 0.3) is 7.98 Å². The van der Waals surface area contributed by atoms with Crippen molar-refractivity contribution in [1.29, 1.82) is 0 Å². The van der Waals surface area contributed by atoms with Crippen molar-refractivity contribution in [3.8, 4) is 0 Å². The SMILES string of the molecule is [B]N=C=NC(C)(C)CC. The molecule has 0 fully saturated rings. The minimum atomic E-state index is -0.0666. The molecule has 9 heavy (non-hydrogen) atoms. The van der Waals surface area contributed by atoms with Crippen LogP contribution in [0.1, 0.15) is 27.2 Å². The predicted octanol–water partition coefficient (Wildman–Crippen LogP) is 1.43. The smallest absolute Gasteiger partial charge is 0.276 e. The Morgan fingerprint density at radius 2 is 2.11 bits per heavy atom. The average molecular weight is 122 g/mol. The van der Waals surface area contributed by atoms with Gasteiger partial charge >= 0.3 is 0 Å². The molecule has 0 aliphatic carbocycles. The fourth-order valence-corrected chi connectivity index (χ4v) is 0.243. The van der Waals surface area contributed by atoms with Crippen LogP contribution in [0.25, 0.3) is 0 Å². The highest BCUT2D eigenvalue weighted by atomic mass is 14.8. The number of hydrogen-bond acceptors (Lipinski definition) is 2. The first-order chi connectivity index (χ1) is 4.12. The maximum Gasteiger partial charge on any atom is 0.276 e. The second-order valence-corrected chi connectivity index (χ2v) is 2.51. The molecule has 0 aromatic heterocycles. The lowest BCUT2D eigenvalue weighted by molar-refractivity contribution is 0.508. The van der Waals surface area contributed by atoms with Crippen LogP contribution in [0, 0.1) is 0 Å². The van der Waals surface area contributed by atoms with E-state index in [1.807, 2.05) is 13.8 Å². The number of nitrogens with zero attached hydrogens (tertiary/aromatic N) is 2. The van der Waals surface area contributed by atoms with Gasteiger partial charge < -0.3 is 4.90 Å². The van der Waals surface area contributed by atoms with E-state index in [9.17, 15) is 0 Å². The van der Waals surface area contributed by atoms with Crippen molar-refractivity contribution < 1.29 is 0 Å². The first-order valence-electron chi connectivity index (χ1n) is 2.99. The zero-order valence-electron chi connectivity index (χ0n) is 6.18. The van der Waals surface area contributed by atoms with Crippen LogP contribution in [0.5, 0.6) is 0 Å². The molecule has 0 aliphatic rings. The number of hydrogen-bond donors (Lipinski definition) is 0. The lowest BCUT2D eigenvalue weighted by Crippen LogP contribution is -2.13. The lowest BCUT2D eigenvalue weighted by atomic mass is 10.0. The molecule has 0 atom stereocenters. The van der Waals surface area contributed by atoms with Crippen LogP contribution in [0.3, 0.4) is 0 Å². The molecule has 0 unspecified atom stereocenters. The Morgan fingerprint density at radius 3 is 2.44 bits per heavy atom. The first kappa shape index (κ1) is 8.44. The lowest BCUT2D eigenvalue weighted by Gasteiger charge is -2.12. The molecule has 0 rings (SSSR count). The summed E-state index contributed by atoms with van der Waals surface area (Å²) >= 11 is 0. The van der Waals surface area contributed by atoms with E-state index in [2.05, 4.69) is 22.8 Å². The molecule has 0 N–H and O–H groups in total. The van der Waals surface area contributed by atoms with E-state index in [0.29, 0.717) is 0 Å². The molecule has 0 aromatic carbocycles. The van der Waals surface area contributed by atoms with E-state index in [1.165, 1.54) is 0 Å². The van der Waals surface area contributed by atoms with Crippen LogP contribution in [0.4, 0.5) is 0 Å². The molecule has 0 heterocycles. The molecule has 0 aliphatic heterocycles. The maximum absolute atomic E-state index is 4.81. The van der Waals surface area contributed by atoms with Gasteiger partial charge in [0.15, 0.2) is 0 Å². The Hall–Kier alpha value is -0.555. The van der Waals surface area contributed by atoms with Crippen molar-refractivity contribution in [3.63, 3.8) is 0 Å². The highest BCUT2D eigenvalue weighted by molar-refractivity contribution is 6.08. The van der Waals surface area contributed by atoms with Gasteiger partial charge in [-0.2, -0.15) is 0 Å². The second-order valence-electron chi connectivity index (χ2n) is 2.51. The molecule has 3 heteroatoms. The van der Waals surface area contributed by atoms with Gasteiger partial charge in [0.05, 0.1) is 11.5 Å². The molecule has 48 valence electrons. The van der Waals surface area contributed by atoms with E-state index >= 15 is 0 Å². The van der Waals surface area contributed by atoms with Gasteiger partial charge in [-0.25, -0.2) is 4.99 Å². The van der Waals surface area contributed by atoms with Gasteiger partial charge in [0.2, 0.25) is 0 Å². The summed E-state index contributed by atoms with van der Waals surface area (Å²) in [6.45, 7) is 6.07. The van der Waals surface area contributed by atoms with E-state index in [4.69, 9.17) is 7.98 Å². The topological polar surface area (TPSA) is 24.7 Å². The quantitative estimate of drug-likeness (QED) is 0.391. The molecule has 0 aromatic rings. The van der Waals surface area contributed by atoms with Crippen molar-refractivity contribution in [2.75, 3.05) is 0 Å². The van der Waals surface area contributed by atoms with E-state index < -0.39 is 0 Å². The van der Waals surface area contributed by atoms with Crippen LogP contribution >= 0.6 is 0 Å². The molecular formula is C6H11BN2. The summed E-state index contributed by atoms with van der Waals surface area (Å²) in [5.41, 5.74) is -0.0666. The van der Waals surface area contributed by atoms with Crippen LogP contribution in [-0.2, 0) is 0 Å². The molecular weight excluding hydrogens is 111 g/mol. The Bertz CT molecular complexity index is 134. The summed E-state index contributed by atoms with van der Waals surface area (Å²) in [6.07, 6.45) is 0.968. The maximum atomic E-state index is 4.81. The summed E-state index contributed by atoms with van der Waals surface area (Å²) in [5.74, 6) is 0. The summed E-state index contributed by atoms with van der Waals surface area (Å²) in [5, 5.41) is 0.